The molecule has 0 amide bonds. The van der Waals surface area contributed by atoms with Gasteiger partial charge in [0.25, 0.3) is 0 Å². The standard InChI is InChI=1S/C38H69NO8/c1-35(40)45-33-30-39(2,3)34-38(44)47-32-27-23-19-15-14-18-22-26-31-46-37(43)29-25-21-17-13-11-9-7-5-4-6-8-10-12-16-20-24-28-36(41)42/h4-5H,6-34H2,1-3H3/p+1. The minimum atomic E-state index is -0.685. The Morgan fingerprint density at radius 1 is 0.511 bits per heavy atom. The van der Waals surface area contributed by atoms with Crippen LogP contribution in [0.2, 0.25) is 0 Å². The molecule has 0 aromatic rings. The van der Waals surface area contributed by atoms with Gasteiger partial charge in [0.15, 0.2) is 6.54 Å². The van der Waals surface area contributed by atoms with Crippen LogP contribution in [0.4, 0.5) is 0 Å². The Bertz CT molecular complexity index is 827. The van der Waals surface area contributed by atoms with Crippen molar-refractivity contribution in [1.82, 2.24) is 0 Å². The summed E-state index contributed by atoms with van der Waals surface area (Å²) in [6.45, 7) is 3.50. The predicted molar refractivity (Wildman–Crippen MR) is 188 cm³/mol. The Labute approximate surface area is 286 Å². The molecule has 9 heteroatoms. The van der Waals surface area contributed by atoms with Crippen molar-refractivity contribution < 1.29 is 43.0 Å². The summed E-state index contributed by atoms with van der Waals surface area (Å²) in [6, 6.07) is 0. The molecule has 0 aromatic carbocycles. The molecule has 0 saturated heterocycles. The third-order valence-electron chi connectivity index (χ3n) is 8.30. The van der Waals surface area contributed by atoms with E-state index in [0.29, 0.717) is 43.7 Å². The zero-order valence-corrected chi connectivity index (χ0v) is 30.4. The maximum atomic E-state index is 12.1. The second-order valence-corrected chi connectivity index (χ2v) is 13.6. The van der Waals surface area contributed by atoms with Gasteiger partial charge < -0.3 is 23.8 Å². The van der Waals surface area contributed by atoms with E-state index in [1.165, 1.54) is 64.7 Å². The summed E-state index contributed by atoms with van der Waals surface area (Å²) in [4.78, 5) is 45.4. The molecule has 0 atom stereocenters. The average Bonchev–Trinajstić information content (AvgIpc) is 3.00. The van der Waals surface area contributed by atoms with Gasteiger partial charge in [-0.2, -0.15) is 0 Å². The monoisotopic (exact) mass is 669 g/mol. The van der Waals surface area contributed by atoms with E-state index in [0.717, 1.165) is 83.5 Å². The molecule has 0 aliphatic rings. The lowest BCUT2D eigenvalue weighted by Crippen LogP contribution is -2.46. The number of unbranched alkanes of at least 4 members (excludes halogenated alkanes) is 19. The van der Waals surface area contributed by atoms with Gasteiger partial charge in [-0.15, -0.1) is 0 Å². The summed E-state index contributed by atoms with van der Waals surface area (Å²) in [7, 11) is 3.84. The average molecular weight is 669 g/mol. The Kier molecular flexibility index (Phi) is 30.5. The van der Waals surface area contributed by atoms with Gasteiger partial charge in [0.05, 0.1) is 27.3 Å². The van der Waals surface area contributed by atoms with Gasteiger partial charge in [0.2, 0.25) is 0 Å². The van der Waals surface area contributed by atoms with E-state index in [2.05, 4.69) is 12.2 Å². The highest BCUT2D eigenvalue weighted by Gasteiger charge is 2.21. The fourth-order valence-electron chi connectivity index (χ4n) is 5.34. The molecule has 0 radical (unpaired) electrons. The number of aliphatic carboxylic acids is 1. The molecular formula is C38H70NO8+. The Hall–Kier alpha value is -2.42. The molecule has 47 heavy (non-hydrogen) atoms. The summed E-state index contributed by atoms with van der Waals surface area (Å²) in [5.41, 5.74) is 0. The van der Waals surface area contributed by atoms with Crippen molar-refractivity contribution in [3.05, 3.63) is 12.2 Å². The SMILES string of the molecule is CC(=O)OCC[N+](C)(C)CC(=O)OCCCCCCCCCCOC(=O)CCCCCCCCC=CCCCCCCCCC(=O)O. The zero-order chi connectivity index (χ0) is 34.9. The number of esters is 3. The van der Waals surface area contributed by atoms with Crippen LogP contribution in [0.5, 0.6) is 0 Å². The molecule has 0 aliphatic carbocycles. The van der Waals surface area contributed by atoms with E-state index in [1.54, 1.807) is 0 Å². The second kappa shape index (κ2) is 32.1. The number of nitrogens with zero attached hydrogens (tertiary/aromatic N) is 1. The fourth-order valence-corrected chi connectivity index (χ4v) is 5.34. The van der Waals surface area contributed by atoms with Gasteiger partial charge in [-0.3, -0.25) is 14.4 Å². The molecule has 0 aromatic heterocycles. The van der Waals surface area contributed by atoms with Gasteiger partial charge in [0, 0.05) is 19.8 Å². The van der Waals surface area contributed by atoms with E-state index in [1.807, 2.05) is 14.1 Å². The highest BCUT2D eigenvalue weighted by molar-refractivity contribution is 5.70. The number of carboxylic acids is 1. The second-order valence-electron chi connectivity index (χ2n) is 13.6. The number of likely N-dealkylation sites (N-methyl/N-ethyl adjacent to an activating group) is 1. The fraction of sp³-hybridized carbons (Fsp3) is 0.842. The number of carbonyl (C=O) groups excluding carboxylic acids is 3. The third-order valence-corrected chi connectivity index (χ3v) is 8.30. The normalized spacial score (nSPS) is 11.6. The Morgan fingerprint density at radius 3 is 1.38 bits per heavy atom. The van der Waals surface area contributed by atoms with E-state index < -0.39 is 5.97 Å². The number of rotatable bonds is 34. The summed E-state index contributed by atoms with van der Waals surface area (Å²) in [5.74, 6) is -1.27. The molecule has 0 spiro atoms. The lowest BCUT2D eigenvalue weighted by atomic mass is 10.1. The number of carbonyl (C=O) groups is 4. The minimum Gasteiger partial charge on any atom is -0.481 e. The first-order valence-electron chi connectivity index (χ1n) is 18.8. The smallest absolute Gasteiger partial charge is 0.361 e. The Balaban J connectivity index is 3.37. The highest BCUT2D eigenvalue weighted by atomic mass is 16.5. The van der Waals surface area contributed by atoms with Crippen molar-refractivity contribution in [1.29, 1.82) is 0 Å². The summed E-state index contributed by atoms with van der Waals surface area (Å²) in [6.07, 6.45) is 29.9. The molecule has 0 rings (SSSR count). The summed E-state index contributed by atoms with van der Waals surface area (Å²) >= 11 is 0. The van der Waals surface area contributed by atoms with Gasteiger partial charge in [0.1, 0.15) is 13.2 Å². The molecule has 0 aliphatic heterocycles. The molecule has 0 saturated carbocycles. The zero-order valence-electron chi connectivity index (χ0n) is 30.4. The van der Waals surface area contributed by atoms with E-state index >= 15 is 0 Å². The van der Waals surface area contributed by atoms with Crippen LogP contribution in [0, 0.1) is 0 Å². The molecule has 274 valence electrons. The van der Waals surface area contributed by atoms with Crippen LogP contribution in [-0.4, -0.2) is 80.5 Å². The first kappa shape index (κ1) is 44.6. The van der Waals surface area contributed by atoms with Gasteiger partial charge >= 0.3 is 23.9 Å². The van der Waals surface area contributed by atoms with Crippen molar-refractivity contribution in [2.45, 2.75) is 161 Å². The number of hydrogen-bond donors (Lipinski definition) is 1. The number of ether oxygens (including phenoxy) is 3. The van der Waals surface area contributed by atoms with Gasteiger partial charge in [-0.25, -0.2) is 4.79 Å². The van der Waals surface area contributed by atoms with E-state index in [-0.39, 0.29) is 24.5 Å². The van der Waals surface area contributed by atoms with Crippen LogP contribution in [0.3, 0.4) is 0 Å². The maximum Gasteiger partial charge on any atom is 0.361 e. The number of quaternary nitrogens is 1. The lowest BCUT2D eigenvalue weighted by Gasteiger charge is -2.28. The highest BCUT2D eigenvalue weighted by Crippen LogP contribution is 2.12. The number of allylic oxidation sites excluding steroid dienone is 2. The van der Waals surface area contributed by atoms with Crippen LogP contribution in [0.1, 0.15) is 161 Å². The minimum absolute atomic E-state index is 0.0569. The van der Waals surface area contributed by atoms with Gasteiger partial charge in [-0.05, 0) is 51.4 Å². The molecule has 9 nitrogen and oxygen atoms in total. The maximum absolute atomic E-state index is 12.1. The first-order chi connectivity index (χ1) is 22.6. The van der Waals surface area contributed by atoms with Crippen molar-refractivity contribution >= 4 is 23.9 Å². The van der Waals surface area contributed by atoms with Gasteiger partial charge in [-0.1, -0.05) is 102 Å². The van der Waals surface area contributed by atoms with Crippen LogP contribution < -0.4 is 0 Å². The molecule has 0 bridgehead atoms. The molecule has 0 heterocycles. The lowest BCUT2D eigenvalue weighted by molar-refractivity contribution is -0.883. The van der Waals surface area contributed by atoms with Crippen molar-refractivity contribution in [3.63, 3.8) is 0 Å². The number of carboxylic acid groups (broad SMARTS) is 1. The molecule has 1 N–H and O–H groups in total. The van der Waals surface area contributed by atoms with E-state index in [4.69, 9.17) is 19.3 Å². The largest absolute Gasteiger partial charge is 0.481 e. The first-order valence-corrected chi connectivity index (χ1v) is 18.8. The van der Waals surface area contributed by atoms with Crippen LogP contribution in [0.15, 0.2) is 12.2 Å². The summed E-state index contributed by atoms with van der Waals surface area (Å²) in [5, 5.41) is 8.63. The predicted octanol–water partition coefficient (Wildman–Crippen LogP) is 8.72. The molecule has 0 unspecified atom stereocenters. The summed E-state index contributed by atoms with van der Waals surface area (Å²) < 4.78 is 16.1. The van der Waals surface area contributed by atoms with Crippen molar-refractivity contribution in [2.75, 3.05) is 47.0 Å². The van der Waals surface area contributed by atoms with Crippen LogP contribution in [-0.2, 0) is 33.4 Å². The topological polar surface area (TPSA) is 116 Å². The van der Waals surface area contributed by atoms with E-state index in [9.17, 15) is 19.2 Å². The Morgan fingerprint density at radius 2 is 0.915 bits per heavy atom. The van der Waals surface area contributed by atoms with Crippen molar-refractivity contribution in [3.8, 4) is 0 Å². The molecular weight excluding hydrogens is 598 g/mol. The van der Waals surface area contributed by atoms with Crippen LogP contribution >= 0.6 is 0 Å². The van der Waals surface area contributed by atoms with Crippen LogP contribution in [0.25, 0.3) is 0 Å². The van der Waals surface area contributed by atoms with Crippen molar-refractivity contribution in [2.24, 2.45) is 0 Å². The molecule has 0 fully saturated rings. The third kappa shape index (κ3) is 36.3. The quantitative estimate of drug-likeness (QED) is 0.0238. The number of hydrogen-bond acceptors (Lipinski definition) is 7.